The molecule has 3 N–H and O–H groups in total. The van der Waals surface area contributed by atoms with Gasteiger partial charge in [-0.15, -0.1) is 0 Å². The quantitative estimate of drug-likeness (QED) is 0.762. The van der Waals surface area contributed by atoms with Gasteiger partial charge >= 0.3 is 12.3 Å². The Morgan fingerprint density at radius 3 is 2.48 bits per heavy atom. The summed E-state index contributed by atoms with van der Waals surface area (Å²) < 4.78 is 44.1. The Morgan fingerprint density at radius 2 is 1.89 bits per heavy atom. The van der Waals surface area contributed by atoms with Crippen LogP contribution in [0.15, 0.2) is 18.2 Å². The highest BCUT2D eigenvalue weighted by molar-refractivity contribution is 5.95. The zero-order chi connectivity index (χ0) is 20.4. The fraction of sp³-hybridized carbons (Fsp3) is 0.556. The number of ether oxygens (including phenoxy) is 1. The zero-order valence-corrected chi connectivity index (χ0v) is 15.5. The Hall–Kier alpha value is -2.45. The first-order chi connectivity index (χ1) is 12.3. The molecule has 6 nitrogen and oxygen atoms in total. The van der Waals surface area contributed by atoms with Crippen LogP contribution in [-0.2, 0) is 10.9 Å². The van der Waals surface area contributed by atoms with Gasteiger partial charge in [0.25, 0.3) is 5.91 Å². The second-order valence-corrected chi connectivity index (χ2v) is 7.58. The summed E-state index contributed by atoms with van der Waals surface area (Å²) >= 11 is 0. The minimum Gasteiger partial charge on any atom is -0.444 e. The number of piperidine rings is 1. The number of alkyl carbamates (subject to hydrolysis) is 1. The van der Waals surface area contributed by atoms with E-state index in [0.717, 1.165) is 12.1 Å². The van der Waals surface area contributed by atoms with Crippen molar-refractivity contribution in [2.45, 2.75) is 51.4 Å². The molecule has 0 bridgehead atoms. The summed E-state index contributed by atoms with van der Waals surface area (Å²) in [5.74, 6) is -0.552. The summed E-state index contributed by atoms with van der Waals surface area (Å²) in [5, 5.41) is 2.70. The van der Waals surface area contributed by atoms with Gasteiger partial charge in [-0.1, -0.05) is 0 Å². The molecular formula is C18H24F3N3O3. The molecule has 1 aromatic carbocycles. The summed E-state index contributed by atoms with van der Waals surface area (Å²) in [5.41, 5.74) is 3.66. The van der Waals surface area contributed by atoms with Crippen LogP contribution in [0.1, 0.15) is 49.5 Å². The smallest absolute Gasteiger partial charge is 0.416 e. The molecule has 1 saturated heterocycles. The van der Waals surface area contributed by atoms with E-state index in [2.05, 4.69) is 5.32 Å². The average Bonchev–Trinajstić information content (AvgIpc) is 2.51. The Kier molecular flexibility index (Phi) is 5.91. The van der Waals surface area contributed by atoms with Crippen LogP contribution in [0.25, 0.3) is 0 Å². The summed E-state index contributed by atoms with van der Waals surface area (Å²) in [4.78, 5) is 26.0. The summed E-state index contributed by atoms with van der Waals surface area (Å²) in [7, 11) is 0. The minimum atomic E-state index is -4.59. The maximum Gasteiger partial charge on any atom is 0.416 e. The lowest BCUT2D eigenvalue weighted by Crippen LogP contribution is -2.50. The van der Waals surface area contributed by atoms with Crippen molar-refractivity contribution < 1.29 is 27.5 Å². The van der Waals surface area contributed by atoms with Gasteiger partial charge < -0.3 is 20.7 Å². The molecule has 2 rings (SSSR count). The Morgan fingerprint density at radius 1 is 1.22 bits per heavy atom. The van der Waals surface area contributed by atoms with Crippen molar-refractivity contribution in [2.24, 2.45) is 0 Å². The number of likely N-dealkylation sites (tertiary alicyclic amines) is 1. The van der Waals surface area contributed by atoms with Crippen molar-refractivity contribution in [3.05, 3.63) is 29.3 Å². The van der Waals surface area contributed by atoms with Gasteiger partial charge in [0.15, 0.2) is 0 Å². The number of alkyl halides is 3. The summed E-state index contributed by atoms with van der Waals surface area (Å²) in [6.45, 7) is 5.79. The van der Waals surface area contributed by atoms with E-state index in [0.29, 0.717) is 19.4 Å². The molecule has 1 aliphatic rings. The van der Waals surface area contributed by atoms with Gasteiger partial charge in [0.05, 0.1) is 5.56 Å². The number of nitrogens with two attached hydrogens (primary N) is 1. The van der Waals surface area contributed by atoms with E-state index in [1.807, 2.05) is 0 Å². The van der Waals surface area contributed by atoms with Gasteiger partial charge in [0.1, 0.15) is 5.60 Å². The summed E-state index contributed by atoms with van der Waals surface area (Å²) in [6, 6.07) is 2.48. The number of carbonyl (C=O) groups excluding carboxylic acids is 2. The molecular weight excluding hydrogens is 363 g/mol. The standard InChI is InChI=1S/C18H24F3N3O3/c1-17(2,3)27-16(26)23-14-5-4-6-24(10-14)15(25)11-7-12(18(19,20)21)9-13(22)8-11/h7-9,14H,4-6,10,22H2,1-3H3,(H,23,26)/t14-/m0/s1. The van der Waals surface area contributed by atoms with Crippen molar-refractivity contribution in [3.63, 3.8) is 0 Å². The predicted octanol–water partition coefficient (Wildman–Crippen LogP) is 3.42. The van der Waals surface area contributed by atoms with Crippen LogP contribution >= 0.6 is 0 Å². The third-order valence-electron chi connectivity index (χ3n) is 3.96. The molecule has 1 aliphatic heterocycles. The molecule has 27 heavy (non-hydrogen) atoms. The van der Waals surface area contributed by atoms with E-state index in [9.17, 15) is 22.8 Å². The number of nitrogens with one attached hydrogen (secondary N) is 1. The minimum absolute atomic E-state index is 0.125. The van der Waals surface area contributed by atoms with Gasteiger partial charge in [0, 0.05) is 30.4 Å². The summed E-state index contributed by atoms with van der Waals surface area (Å²) in [6.07, 6.45) is -3.92. The lowest BCUT2D eigenvalue weighted by atomic mass is 10.0. The molecule has 0 radical (unpaired) electrons. The Labute approximate surface area is 155 Å². The third-order valence-corrected chi connectivity index (χ3v) is 3.96. The van der Waals surface area contributed by atoms with Gasteiger partial charge in [-0.25, -0.2) is 4.79 Å². The molecule has 9 heteroatoms. The van der Waals surface area contributed by atoms with Crippen LogP contribution in [0.3, 0.4) is 0 Å². The van der Waals surface area contributed by atoms with Crippen LogP contribution in [-0.4, -0.2) is 41.6 Å². The maximum atomic E-state index is 13.0. The third kappa shape index (κ3) is 6.04. The molecule has 0 spiro atoms. The number of benzene rings is 1. The lowest BCUT2D eigenvalue weighted by molar-refractivity contribution is -0.137. The van der Waals surface area contributed by atoms with Gasteiger partial charge in [-0.05, 0) is 51.8 Å². The molecule has 150 valence electrons. The number of amides is 2. The molecule has 0 aliphatic carbocycles. The van der Waals surface area contributed by atoms with E-state index in [1.165, 1.54) is 11.0 Å². The number of rotatable bonds is 2. The Bertz CT molecular complexity index is 714. The van der Waals surface area contributed by atoms with Crippen LogP contribution < -0.4 is 11.1 Å². The SMILES string of the molecule is CC(C)(C)OC(=O)N[C@H]1CCCN(C(=O)c2cc(N)cc(C(F)(F)F)c2)C1. The molecule has 0 saturated carbocycles. The van der Waals surface area contributed by atoms with Gasteiger partial charge in [0.2, 0.25) is 0 Å². The van der Waals surface area contributed by atoms with Crippen LogP contribution in [0.4, 0.5) is 23.7 Å². The highest BCUT2D eigenvalue weighted by atomic mass is 19.4. The molecule has 1 heterocycles. The number of anilines is 1. The second-order valence-electron chi connectivity index (χ2n) is 7.58. The lowest BCUT2D eigenvalue weighted by Gasteiger charge is -2.33. The number of hydrogen-bond acceptors (Lipinski definition) is 4. The number of carbonyl (C=O) groups is 2. The van der Waals surface area contributed by atoms with E-state index in [-0.39, 0.29) is 23.8 Å². The highest BCUT2D eigenvalue weighted by Gasteiger charge is 2.33. The van der Waals surface area contributed by atoms with E-state index in [4.69, 9.17) is 10.5 Å². The molecule has 0 aromatic heterocycles. The fourth-order valence-electron chi connectivity index (χ4n) is 2.88. The van der Waals surface area contributed by atoms with Crippen molar-refractivity contribution >= 4 is 17.7 Å². The molecule has 1 atom stereocenters. The number of halogens is 3. The molecule has 0 unspecified atom stereocenters. The van der Waals surface area contributed by atoms with Gasteiger partial charge in [-0.2, -0.15) is 13.2 Å². The van der Waals surface area contributed by atoms with Crippen molar-refractivity contribution in [3.8, 4) is 0 Å². The first kappa shape index (κ1) is 20.9. The zero-order valence-electron chi connectivity index (χ0n) is 15.5. The van der Waals surface area contributed by atoms with E-state index >= 15 is 0 Å². The van der Waals surface area contributed by atoms with Crippen molar-refractivity contribution in [1.82, 2.24) is 10.2 Å². The van der Waals surface area contributed by atoms with Gasteiger partial charge in [-0.3, -0.25) is 4.79 Å². The first-order valence-corrected chi connectivity index (χ1v) is 8.62. The average molecular weight is 387 g/mol. The normalized spacial score (nSPS) is 18.1. The number of nitrogens with zero attached hydrogens (tertiary/aromatic N) is 1. The second kappa shape index (κ2) is 7.66. The molecule has 1 fully saturated rings. The predicted molar refractivity (Wildman–Crippen MR) is 94.2 cm³/mol. The van der Waals surface area contributed by atoms with Crippen LogP contribution in [0.5, 0.6) is 0 Å². The highest BCUT2D eigenvalue weighted by Crippen LogP contribution is 2.31. The number of nitrogen functional groups attached to an aromatic ring is 1. The first-order valence-electron chi connectivity index (χ1n) is 8.62. The monoisotopic (exact) mass is 387 g/mol. The Balaban J connectivity index is 2.09. The van der Waals surface area contributed by atoms with E-state index in [1.54, 1.807) is 20.8 Å². The largest absolute Gasteiger partial charge is 0.444 e. The van der Waals surface area contributed by atoms with Crippen molar-refractivity contribution in [1.29, 1.82) is 0 Å². The van der Waals surface area contributed by atoms with Crippen molar-refractivity contribution in [2.75, 3.05) is 18.8 Å². The fourth-order valence-corrected chi connectivity index (χ4v) is 2.88. The molecule has 2 amide bonds. The maximum absolute atomic E-state index is 13.0. The molecule has 1 aromatic rings. The van der Waals surface area contributed by atoms with E-state index < -0.39 is 29.3 Å². The topological polar surface area (TPSA) is 84.7 Å². The number of hydrogen-bond donors (Lipinski definition) is 2. The van der Waals surface area contributed by atoms with Crippen LogP contribution in [0.2, 0.25) is 0 Å². The van der Waals surface area contributed by atoms with Crippen LogP contribution in [0, 0.1) is 0 Å².